The second-order valence-electron chi connectivity index (χ2n) is 5.42. The van der Waals surface area contributed by atoms with Gasteiger partial charge in [0, 0.05) is 18.9 Å². The Bertz CT molecular complexity index is 944. The van der Waals surface area contributed by atoms with Crippen LogP contribution in [0.1, 0.15) is 5.56 Å². The number of aromatic nitrogens is 2. The molecular formula is C18H18N4O3S. The lowest BCUT2D eigenvalue weighted by Gasteiger charge is -2.10. The van der Waals surface area contributed by atoms with Crippen LogP contribution in [0.25, 0.3) is 0 Å². The molecule has 26 heavy (non-hydrogen) atoms. The third kappa shape index (κ3) is 4.48. The van der Waals surface area contributed by atoms with Crippen LogP contribution in [0.5, 0.6) is 5.75 Å². The fraction of sp³-hybridized carbons (Fsp3) is 0.111. The Kier molecular flexibility index (Phi) is 5.33. The number of rotatable bonds is 7. The van der Waals surface area contributed by atoms with E-state index in [0.717, 1.165) is 5.56 Å². The third-order valence-corrected chi connectivity index (χ3v) is 5.01. The smallest absolute Gasteiger partial charge is 0.261 e. The van der Waals surface area contributed by atoms with Gasteiger partial charge in [0.15, 0.2) is 0 Å². The molecule has 0 unspecified atom stereocenters. The van der Waals surface area contributed by atoms with Crippen LogP contribution in [0.15, 0.2) is 72.0 Å². The van der Waals surface area contributed by atoms with E-state index in [1.165, 1.54) is 25.4 Å². The first kappa shape index (κ1) is 17.7. The first-order chi connectivity index (χ1) is 12.6. The van der Waals surface area contributed by atoms with Gasteiger partial charge in [0.05, 0.1) is 23.9 Å². The molecule has 1 aromatic carbocycles. The fourth-order valence-corrected chi connectivity index (χ4v) is 3.26. The highest BCUT2D eigenvalue weighted by Crippen LogP contribution is 2.19. The summed E-state index contributed by atoms with van der Waals surface area (Å²) in [5.41, 5.74) is 1.46. The lowest BCUT2D eigenvalue weighted by Crippen LogP contribution is -2.13. The van der Waals surface area contributed by atoms with Crippen molar-refractivity contribution in [3.8, 4) is 5.75 Å². The van der Waals surface area contributed by atoms with E-state index in [1.54, 1.807) is 36.7 Å². The van der Waals surface area contributed by atoms with Crippen molar-refractivity contribution in [2.45, 2.75) is 11.4 Å². The zero-order valence-corrected chi connectivity index (χ0v) is 14.9. The maximum atomic E-state index is 12.4. The molecule has 8 heteroatoms. The maximum absolute atomic E-state index is 12.4. The molecule has 0 saturated carbocycles. The second kappa shape index (κ2) is 7.83. The summed E-state index contributed by atoms with van der Waals surface area (Å²) in [7, 11) is -2.15. The van der Waals surface area contributed by atoms with E-state index < -0.39 is 10.0 Å². The summed E-state index contributed by atoms with van der Waals surface area (Å²) in [5, 5.41) is 3.17. The largest absolute Gasteiger partial charge is 0.497 e. The summed E-state index contributed by atoms with van der Waals surface area (Å²) in [4.78, 5) is 8.34. The summed E-state index contributed by atoms with van der Waals surface area (Å²) >= 11 is 0. The van der Waals surface area contributed by atoms with Crippen LogP contribution in [-0.2, 0) is 16.6 Å². The van der Waals surface area contributed by atoms with Crippen LogP contribution in [0.2, 0.25) is 0 Å². The van der Waals surface area contributed by atoms with Gasteiger partial charge >= 0.3 is 0 Å². The van der Waals surface area contributed by atoms with Gasteiger partial charge in [0.1, 0.15) is 11.6 Å². The van der Waals surface area contributed by atoms with E-state index in [0.29, 0.717) is 23.8 Å². The van der Waals surface area contributed by atoms with Gasteiger partial charge in [-0.05, 0) is 54.1 Å². The number of nitrogens with one attached hydrogen (secondary N) is 2. The number of sulfonamides is 1. The fourth-order valence-electron chi connectivity index (χ4n) is 2.22. The maximum Gasteiger partial charge on any atom is 0.261 e. The van der Waals surface area contributed by atoms with Crippen LogP contribution >= 0.6 is 0 Å². The standard InChI is InChI=1S/C18H18N4O3S/c1-25-16-3-5-17(6-4-16)26(23,24)22-15-2-7-18(21-13-15)20-12-14-8-10-19-11-9-14/h2-11,13,22H,12H2,1H3,(H,20,21). The van der Waals surface area contributed by atoms with Crippen molar-refractivity contribution in [1.82, 2.24) is 9.97 Å². The minimum absolute atomic E-state index is 0.151. The Hall–Kier alpha value is -3.13. The highest BCUT2D eigenvalue weighted by atomic mass is 32.2. The summed E-state index contributed by atoms with van der Waals surface area (Å²) in [6.45, 7) is 0.604. The average molecular weight is 370 g/mol. The average Bonchev–Trinajstić information content (AvgIpc) is 2.68. The molecule has 0 fully saturated rings. The number of nitrogens with zero attached hydrogens (tertiary/aromatic N) is 2. The third-order valence-electron chi connectivity index (χ3n) is 3.61. The van der Waals surface area contributed by atoms with Crippen molar-refractivity contribution in [3.05, 3.63) is 72.7 Å². The van der Waals surface area contributed by atoms with E-state index in [2.05, 4.69) is 20.0 Å². The Morgan fingerprint density at radius 2 is 1.73 bits per heavy atom. The molecule has 0 aliphatic rings. The van der Waals surface area contributed by atoms with Gasteiger partial charge in [-0.15, -0.1) is 0 Å². The SMILES string of the molecule is COc1ccc(S(=O)(=O)Nc2ccc(NCc3ccncc3)nc2)cc1. The number of pyridine rings is 2. The van der Waals surface area contributed by atoms with Crippen molar-refractivity contribution in [2.75, 3.05) is 17.1 Å². The number of ether oxygens (including phenoxy) is 1. The second-order valence-corrected chi connectivity index (χ2v) is 7.10. The Balaban J connectivity index is 1.64. The lowest BCUT2D eigenvalue weighted by molar-refractivity contribution is 0.414. The minimum atomic E-state index is -3.68. The van der Waals surface area contributed by atoms with E-state index in [4.69, 9.17) is 4.74 Å². The van der Waals surface area contributed by atoms with Crippen LogP contribution in [-0.4, -0.2) is 25.5 Å². The van der Waals surface area contributed by atoms with Gasteiger partial charge in [-0.25, -0.2) is 13.4 Å². The zero-order valence-electron chi connectivity index (χ0n) is 14.1. The minimum Gasteiger partial charge on any atom is -0.497 e. The van der Waals surface area contributed by atoms with E-state index in [1.807, 2.05) is 12.1 Å². The first-order valence-corrected chi connectivity index (χ1v) is 9.31. The summed E-state index contributed by atoms with van der Waals surface area (Å²) in [6.07, 6.45) is 4.92. The van der Waals surface area contributed by atoms with Crippen molar-refractivity contribution in [1.29, 1.82) is 0 Å². The molecule has 0 atom stereocenters. The summed E-state index contributed by atoms with van der Waals surface area (Å²) in [5.74, 6) is 1.24. The Labute approximate surface area is 152 Å². The van der Waals surface area contributed by atoms with Gasteiger partial charge < -0.3 is 10.1 Å². The first-order valence-electron chi connectivity index (χ1n) is 7.82. The molecule has 0 amide bonds. The van der Waals surface area contributed by atoms with E-state index in [9.17, 15) is 8.42 Å². The van der Waals surface area contributed by atoms with Crippen molar-refractivity contribution < 1.29 is 13.2 Å². The molecule has 0 aliphatic carbocycles. The quantitative estimate of drug-likeness (QED) is 0.664. The Morgan fingerprint density at radius 3 is 2.35 bits per heavy atom. The molecule has 7 nitrogen and oxygen atoms in total. The molecule has 134 valence electrons. The van der Waals surface area contributed by atoms with Crippen LogP contribution in [0.3, 0.4) is 0 Å². The van der Waals surface area contributed by atoms with Crippen LogP contribution < -0.4 is 14.8 Å². The molecule has 3 rings (SSSR count). The monoisotopic (exact) mass is 370 g/mol. The van der Waals surface area contributed by atoms with Gasteiger partial charge in [0.25, 0.3) is 10.0 Å². The Morgan fingerprint density at radius 1 is 1.00 bits per heavy atom. The van der Waals surface area contributed by atoms with Gasteiger partial charge in [0.2, 0.25) is 0 Å². The lowest BCUT2D eigenvalue weighted by atomic mass is 10.3. The van der Waals surface area contributed by atoms with Gasteiger partial charge in [-0.2, -0.15) is 0 Å². The van der Waals surface area contributed by atoms with Gasteiger partial charge in [-0.3, -0.25) is 9.71 Å². The molecule has 2 heterocycles. The van der Waals surface area contributed by atoms with Gasteiger partial charge in [-0.1, -0.05) is 0 Å². The molecule has 0 radical (unpaired) electrons. The van der Waals surface area contributed by atoms with Crippen LogP contribution in [0.4, 0.5) is 11.5 Å². The van der Waals surface area contributed by atoms with Crippen molar-refractivity contribution in [3.63, 3.8) is 0 Å². The number of benzene rings is 1. The van der Waals surface area contributed by atoms with Crippen LogP contribution in [0, 0.1) is 0 Å². The number of methoxy groups -OCH3 is 1. The predicted molar refractivity (Wildman–Crippen MR) is 99.6 cm³/mol. The molecule has 0 saturated heterocycles. The normalized spacial score (nSPS) is 11.0. The number of hydrogen-bond acceptors (Lipinski definition) is 6. The van der Waals surface area contributed by atoms with E-state index in [-0.39, 0.29) is 4.90 Å². The summed E-state index contributed by atoms with van der Waals surface area (Å²) in [6, 6.07) is 13.3. The molecule has 0 spiro atoms. The van der Waals surface area contributed by atoms with E-state index >= 15 is 0 Å². The zero-order chi connectivity index (χ0) is 18.4. The molecule has 2 aromatic heterocycles. The molecule has 3 aromatic rings. The highest BCUT2D eigenvalue weighted by molar-refractivity contribution is 7.92. The van der Waals surface area contributed by atoms with Crippen molar-refractivity contribution >= 4 is 21.5 Å². The number of hydrogen-bond donors (Lipinski definition) is 2. The van der Waals surface area contributed by atoms with Crippen molar-refractivity contribution in [2.24, 2.45) is 0 Å². The molecule has 0 bridgehead atoms. The molecular weight excluding hydrogens is 352 g/mol. The molecule has 2 N–H and O–H groups in total. The number of anilines is 2. The summed E-state index contributed by atoms with van der Waals surface area (Å²) < 4.78 is 32.3. The predicted octanol–water partition coefficient (Wildman–Crippen LogP) is 2.90. The molecule has 0 aliphatic heterocycles. The highest BCUT2D eigenvalue weighted by Gasteiger charge is 2.14. The topological polar surface area (TPSA) is 93.2 Å².